The summed E-state index contributed by atoms with van der Waals surface area (Å²) in [5.41, 5.74) is 0.262. The number of aliphatic carboxylic acids is 1. The number of likely N-dealkylation sites (tertiary alicyclic amines) is 1. The molecule has 2 rings (SSSR count). The molecule has 1 saturated carbocycles. The molecule has 2 fully saturated rings. The number of hydrogen-bond donors (Lipinski definition) is 2. The van der Waals surface area contributed by atoms with Crippen LogP contribution < -0.4 is 5.32 Å². The number of carboxylic acids is 1. The van der Waals surface area contributed by atoms with Crippen LogP contribution in [0, 0.1) is 5.41 Å². The van der Waals surface area contributed by atoms with Crippen LogP contribution in [0.5, 0.6) is 0 Å². The molecule has 2 aliphatic rings. The Morgan fingerprint density at radius 2 is 1.90 bits per heavy atom. The van der Waals surface area contributed by atoms with Crippen LogP contribution in [0.25, 0.3) is 0 Å². The van der Waals surface area contributed by atoms with Crippen molar-refractivity contribution in [3.63, 3.8) is 0 Å². The molecule has 21 heavy (non-hydrogen) atoms. The van der Waals surface area contributed by atoms with Gasteiger partial charge in [-0.05, 0) is 31.1 Å². The van der Waals surface area contributed by atoms with Gasteiger partial charge in [0.25, 0.3) is 0 Å². The highest BCUT2D eigenvalue weighted by Gasteiger charge is 2.30. The third-order valence-corrected chi connectivity index (χ3v) is 4.65. The van der Waals surface area contributed by atoms with Gasteiger partial charge in [0.2, 0.25) is 0 Å². The minimum atomic E-state index is -0.944. The minimum Gasteiger partial charge on any atom is -0.480 e. The summed E-state index contributed by atoms with van der Waals surface area (Å²) in [4.78, 5) is 24.4. The fraction of sp³-hybridized carbons (Fsp3) is 0.867. The number of carboxylic acid groups (broad SMARTS) is 1. The lowest BCUT2D eigenvalue weighted by molar-refractivity contribution is -0.145. The van der Waals surface area contributed by atoms with Crippen molar-refractivity contribution in [1.29, 1.82) is 0 Å². The molecule has 2 amide bonds. The van der Waals surface area contributed by atoms with Crippen LogP contribution in [-0.4, -0.2) is 54.4 Å². The van der Waals surface area contributed by atoms with E-state index in [9.17, 15) is 9.59 Å². The standard InChI is InChI=1S/C15H26N2O4/c1-15(6-2-3-7-15)11-16-14(20)17-8-4-12(5-9-17)21-10-13(18)19/h12H,2-11H2,1H3,(H,16,20)(H,18,19). The van der Waals surface area contributed by atoms with E-state index in [1.54, 1.807) is 4.90 Å². The Bertz CT molecular complexity index is 372. The third-order valence-electron chi connectivity index (χ3n) is 4.65. The summed E-state index contributed by atoms with van der Waals surface area (Å²) in [7, 11) is 0. The number of piperidine rings is 1. The molecule has 0 aromatic carbocycles. The Labute approximate surface area is 125 Å². The largest absolute Gasteiger partial charge is 0.480 e. The second-order valence-electron chi connectivity index (χ2n) is 6.57. The number of amides is 2. The molecule has 6 nitrogen and oxygen atoms in total. The van der Waals surface area contributed by atoms with Gasteiger partial charge >= 0.3 is 12.0 Å². The van der Waals surface area contributed by atoms with Gasteiger partial charge in [-0.15, -0.1) is 0 Å². The van der Waals surface area contributed by atoms with Gasteiger partial charge in [0.05, 0.1) is 6.10 Å². The molecule has 1 saturated heterocycles. The average molecular weight is 298 g/mol. The van der Waals surface area contributed by atoms with Crippen LogP contribution in [0.2, 0.25) is 0 Å². The second kappa shape index (κ2) is 7.11. The number of carbonyl (C=O) groups excluding carboxylic acids is 1. The minimum absolute atomic E-state index is 0.000176. The fourth-order valence-corrected chi connectivity index (χ4v) is 3.22. The summed E-state index contributed by atoms with van der Waals surface area (Å²) >= 11 is 0. The quantitative estimate of drug-likeness (QED) is 0.812. The van der Waals surface area contributed by atoms with Gasteiger partial charge < -0.3 is 20.1 Å². The predicted octanol–water partition coefficient (Wildman–Crippen LogP) is 1.84. The summed E-state index contributed by atoms with van der Waals surface area (Å²) in [5.74, 6) is -0.944. The molecule has 0 unspecified atom stereocenters. The zero-order valence-electron chi connectivity index (χ0n) is 12.8. The van der Waals surface area contributed by atoms with Crippen molar-refractivity contribution in [3.05, 3.63) is 0 Å². The first-order valence-corrected chi connectivity index (χ1v) is 7.85. The maximum absolute atomic E-state index is 12.1. The molecule has 1 aliphatic heterocycles. The van der Waals surface area contributed by atoms with Crippen molar-refractivity contribution >= 4 is 12.0 Å². The van der Waals surface area contributed by atoms with Crippen molar-refractivity contribution in [1.82, 2.24) is 10.2 Å². The van der Waals surface area contributed by atoms with Crippen molar-refractivity contribution in [2.45, 2.75) is 51.6 Å². The van der Waals surface area contributed by atoms with Crippen molar-refractivity contribution in [3.8, 4) is 0 Å². The lowest BCUT2D eigenvalue weighted by Gasteiger charge is -2.33. The third kappa shape index (κ3) is 4.88. The van der Waals surface area contributed by atoms with Crippen molar-refractivity contribution < 1.29 is 19.4 Å². The lowest BCUT2D eigenvalue weighted by atomic mass is 9.89. The highest BCUT2D eigenvalue weighted by molar-refractivity contribution is 5.74. The highest BCUT2D eigenvalue weighted by Crippen LogP contribution is 2.36. The number of rotatable bonds is 5. The average Bonchev–Trinajstić information content (AvgIpc) is 2.90. The molecular weight excluding hydrogens is 272 g/mol. The molecular formula is C15H26N2O4. The lowest BCUT2D eigenvalue weighted by Crippen LogP contribution is -2.48. The first kappa shape index (κ1) is 16.1. The van der Waals surface area contributed by atoms with Crippen LogP contribution in [0.15, 0.2) is 0 Å². The SMILES string of the molecule is CC1(CNC(=O)N2CCC(OCC(=O)O)CC2)CCCC1. The zero-order valence-corrected chi connectivity index (χ0v) is 12.8. The number of hydrogen-bond acceptors (Lipinski definition) is 3. The molecule has 120 valence electrons. The number of ether oxygens (including phenoxy) is 1. The molecule has 0 spiro atoms. The monoisotopic (exact) mass is 298 g/mol. The zero-order chi connectivity index (χ0) is 15.3. The van der Waals surface area contributed by atoms with E-state index in [0.717, 1.165) is 6.54 Å². The molecule has 0 radical (unpaired) electrons. The maximum Gasteiger partial charge on any atom is 0.329 e. The Kier molecular flexibility index (Phi) is 5.45. The fourth-order valence-electron chi connectivity index (χ4n) is 3.22. The van der Waals surface area contributed by atoms with Gasteiger partial charge in [-0.2, -0.15) is 0 Å². The number of nitrogens with zero attached hydrogens (tertiary/aromatic N) is 1. The van der Waals surface area contributed by atoms with Crippen LogP contribution in [0.4, 0.5) is 4.79 Å². The van der Waals surface area contributed by atoms with Crippen LogP contribution in [-0.2, 0) is 9.53 Å². The number of nitrogens with one attached hydrogen (secondary N) is 1. The van der Waals surface area contributed by atoms with Gasteiger partial charge in [-0.1, -0.05) is 19.8 Å². The van der Waals surface area contributed by atoms with E-state index in [1.165, 1.54) is 25.7 Å². The van der Waals surface area contributed by atoms with Crippen molar-refractivity contribution in [2.24, 2.45) is 5.41 Å². The molecule has 1 aliphatic carbocycles. The molecule has 0 aromatic heterocycles. The van der Waals surface area contributed by atoms with E-state index in [1.807, 2.05) is 0 Å². The summed E-state index contributed by atoms with van der Waals surface area (Å²) in [6.45, 7) is 4.00. The van der Waals surface area contributed by atoms with Gasteiger partial charge in [0, 0.05) is 19.6 Å². The van der Waals surface area contributed by atoms with E-state index in [4.69, 9.17) is 9.84 Å². The van der Waals surface area contributed by atoms with Gasteiger partial charge in [0.1, 0.15) is 6.61 Å². The van der Waals surface area contributed by atoms with Crippen molar-refractivity contribution in [2.75, 3.05) is 26.2 Å². The Balaban J connectivity index is 1.67. The molecule has 6 heteroatoms. The van der Waals surface area contributed by atoms with Crippen LogP contribution >= 0.6 is 0 Å². The first-order valence-electron chi connectivity index (χ1n) is 7.85. The Morgan fingerprint density at radius 1 is 1.29 bits per heavy atom. The molecule has 0 atom stereocenters. The highest BCUT2D eigenvalue weighted by atomic mass is 16.5. The summed E-state index contributed by atoms with van der Waals surface area (Å²) in [5, 5.41) is 11.6. The summed E-state index contributed by atoms with van der Waals surface area (Å²) < 4.78 is 5.27. The van der Waals surface area contributed by atoms with E-state index in [-0.39, 0.29) is 24.2 Å². The molecule has 0 aromatic rings. The number of urea groups is 1. The van der Waals surface area contributed by atoms with Gasteiger partial charge in [-0.3, -0.25) is 0 Å². The van der Waals surface area contributed by atoms with E-state index in [0.29, 0.717) is 25.9 Å². The van der Waals surface area contributed by atoms with Crippen LogP contribution in [0.1, 0.15) is 45.4 Å². The topological polar surface area (TPSA) is 78.9 Å². The Hall–Kier alpha value is -1.30. The summed E-state index contributed by atoms with van der Waals surface area (Å²) in [6.07, 6.45) is 6.28. The van der Waals surface area contributed by atoms with E-state index >= 15 is 0 Å². The second-order valence-corrected chi connectivity index (χ2v) is 6.57. The normalized spacial score (nSPS) is 22.2. The molecule has 0 bridgehead atoms. The van der Waals surface area contributed by atoms with Crippen LogP contribution in [0.3, 0.4) is 0 Å². The Morgan fingerprint density at radius 3 is 2.48 bits per heavy atom. The maximum atomic E-state index is 12.1. The molecule has 1 heterocycles. The summed E-state index contributed by atoms with van der Waals surface area (Å²) in [6, 6.07) is -0.000176. The van der Waals surface area contributed by atoms with E-state index in [2.05, 4.69) is 12.2 Å². The first-order chi connectivity index (χ1) is 9.98. The van der Waals surface area contributed by atoms with E-state index < -0.39 is 5.97 Å². The molecule has 2 N–H and O–H groups in total. The smallest absolute Gasteiger partial charge is 0.329 e. The predicted molar refractivity (Wildman–Crippen MR) is 78.2 cm³/mol. The van der Waals surface area contributed by atoms with Gasteiger partial charge in [0.15, 0.2) is 0 Å². The number of carbonyl (C=O) groups is 2. The van der Waals surface area contributed by atoms with Gasteiger partial charge in [-0.25, -0.2) is 9.59 Å².